The zero-order valence-electron chi connectivity index (χ0n) is 10.1. The summed E-state index contributed by atoms with van der Waals surface area (Å²) in [4.78, 5) is 17.4. The molecule has 5 nitrogen and oxygen atoms in total. The van der Waals surface area contributed by atoms with Crippen molar-refractivity contribution in [1.29, 1.82) is 0 Å². The molecule has 0 spiro atoms. The minimum Gasteiger partial charge on any atom is -0.310 e. The third kappa shape index (κ3) is 3.50. The number of halogens is 2. The average molecular weight is 351 g/mol. The maximum absolute atomic E-state index is 12.7. The summed E-state index contributed by atoms with van der Waals surface area (Å²) in [5.41, 5.74) is 1.47. The molecule has 1 saturated heterocycles. The number of aromatic nitrogens is 1. The first-order valence-electron chi connectivity index (χ1n) is 5.61. The van der Waals surface area contributed by atoms with E-state index in [4.69, 9.17) is 0 Å². The number of hydrogen-bond acceptors (Lipinski definition) is 4. The van der Waals surface area contributed by atoms with E-state index in [1.165, 1.54) is 4.90 Å². The van der Waals surface area contributed by atoms with Crippen molar-refractivity contribution in [2.45, 2.75) is 13.3 Å². The van der Waals surface area contributed by atoms with Gasteiger partial charge < -0.3 is 4.90 Å². The molecular weight excluding hydrogens is 339 g/mol. The third-order valence-corrected chi connectivity index (χ3v) is 4.37. The molecule has 1 atom stereocenters. The quantitative estimate of drug-likeness (QED) is 0.615. The van der Waals surface area contributed by atoms with Crippen LogP contribution in [-0.2, 0) is 15.0 Å². The maximum atomic E-state index is 12.7. The Balaban J connectivity index is 2.23. The minimum atomic E-state index is -4.56. The number of rotatable bonds is 3. The first-order chi connectivity index (χ1) is 8.76. The van der Waals surface area contributed by atoms with E-state index in [-0.39, 0.29) is 18.9 Å². The van der Waals surface area contributed by atoms with Crippen LogP contribution in [0.3, 0.4) is 0 Å². The van der Waals surface area contributed by atoms with Gasteiger partial charge in [-0.1, -0.05) is 0 Å². The number of aryl methyl sites for hydroxylation is 1. The van der Waals surface area contributed by atoms with Gasteiger partial charge in [-0.05, 0) is 34.5 Å². The zero-order chi connectivity index (χ0) is 14.2. The predicted molar refractivity (Wildman–Crippen MR) is 72.0 cm³/mol. The Bertz CT molecular complexity index is 620. The number of pyridine rings is 1. The fourth-order valence-corrected chi connectivity index (χ4v) is 3.35. The van der Waals surface area contributed by atoms with Gasteiger partial charge in [0.05, 0.1) is 11.4 Å². The molecule has 2 heterocycles. The predicted octanol–water partition coefficient (Wildman–Crippen LogP) is 1.80. The summed E-state index contributed by atoms with van der Waals surface area (Å²) in [7, 11) is -4.56. The summed E-state index contributed by atoms with van der Waals surface area (Å²) in [5, 5.41) is 0. The van der Waals surface area contributed by atoms with Gasteiger partial charge in [-0.2, -0.15) is 8.42 Å². The van der Waals surface area contributed by atoms with Crippen LogP contribution in [0.1, 0.15) is 12.0 Å². The SMILES string of the molecule is Cc1cnc(Br)c(N2CC(CS(=O)(=O)F)CC2=O)c1. The molecular formula is C11H12BrFN2O3S. The highest BCUT2D eigenvalue weighted by Crippen LogP contribution is 2.31. The first-order valence-corrected chi connectivity index (χ1v) is 7.95. The molecule has 1 unspecified atom stereocenters. The van der Waals surface area contributed by atoms with E-state index in [1.54, 1.807) is 12.3 Å². The van der Waals surface area contributed by atoms with Crippen LogP contribution in [0.5, 0.6) is 0 Å². The molecule has 0 aromatic carbocycles. The Kier molecular flexibility index (Phi) is 3.91. The summed E-state index contributed by atoms with van der Waals surface area (Å²) < 4.78 is 34.5. The molecule has 104 valence electrons. The lowest BCUT2D eigenvalue weighted by molar-refractivity contribution is -0.117. The Labute approximate surface area is 119 Å². The van der Waals surface area contributed by atoms with Gasteiger partial charge in [0.1, 0.15) is 4.60 Å². The van der Waals surface area contributed by atoms with Crippen LogP contribution in [0.4, 0.5) is 9.57 Å². The number of amides is 1. The molecule has 0 aliphatic carbocycles. The van der Waals surface area contributed by atoms with Crippen molar-refractivity contribution in [3.8, 4) is 0 Å². The van der Waals surface area contributed by atoms with Crippen molar-refractivity contribution >= 4 is 37.7 Å². The van der Waals surface area contributed by atoms with Gasteiger partial charge >= 0.3 is 10.2 Å². The highest BCUT2D eigenvalue weighted by molar-refractivity contribution is 9.10. The number of carbonyl (C=O) groups excluding carboxylic acids is 1. The highest BCUT2D eigenvalue weighted by atomic mass is 79.9. The molecule has 19 heavy (non-hydrogen) atoms. The Morgan fingerprint density at radius 1 is 1.58 bits per heavy atom. The lowest BCUT2D eigenvalue weighted by atomic mass is 10.1. The molecule has 1 aromatic heterocycles. The summed E-state index contributed by atoms with van der Waals surface area (Å²) >= 11 is 3.25. The van der Waals surface area contributed by atoms with Crippen LogP contribution in [0.25, 0.3) is 0 Å². The van der Waals surface area contributed by atoms with E-state index in [0.717, 1.165) is 5.56 Å². The molecule has 8 heteroatoms. The van der Waals surface area contributed by atoms with Gasteiger partial charge in [-0.15, -0.1) is 3.89 Å². The highest BCUT2D eigenvalue weighted by Gasteiger charge is 2.34. The molecule has 1 fully saturated rings. The molecule has 0 N–H and O–H groups in total. The first kappa shape index (κ1) is 14.4. The van der Waals surface area contributed by atoms with Crippen molar-refractivity contribution < 1.29 is 17.1 Å². The summed E-state index contributed by atoms with van der Waals surface area (Å²) in [5.74, 6) is -1.36. The van der Waals surface area contributed by atoms with E-state index >= 15 is 0 Å². The number of carbonyl (C=O) groups is 1. The molecule has 0 radical (unpaired) electrons. The van der Waals surface area contributed by atoms with Gasteiger partial charge in [-0.3, -0.25) is 4.79 Å². The molecule has 0 bridgehead atoms. The third-order valence-electron chi connectivity index (χ3n) is 2.89. The fourth-order valence-electron chi connectivity index (χ4n) is 2.13. The molecule has 0 saturated carbocycles. The topological polar surface area (TPSA) is 67.3 Å². The van der Waals surface area contributed by atoms with Crippen LogP contribution in [0.2, 0.25) is 0 Å². The van der Waals surface area contributed by atoms with E-state index in [2.05, 4.69) is 20.9 Å². The molecule has 1 amide bonds. The number of anilines is 1. The van der Waals surface area contributed by atoms with Gasteiger partial charge in [0.2, 0.25) is 5.91 Å². The van der Waals surface area contributed by atoms with Crippen molar-refractivity contribution in [2.75, 3.05) is 17.2 Å². The second-order valence-electron chi connectivity index (χ2n) is 4.60. The lowest BCUT2D eigenvalue weighted by Gasteiger charge is -2.18. The maximum Gasteiger partial charge on any atom is 0.302 e. The van der Waals surface area contributed by atoms with Crippen LogP contribution >= 0.6 is 15.9 Å². The minimum absolute atomic E-state index is 0.0313. The van der Waals surface area contributed by atoms with Gasteiger partial charge in [-0.25, -0.2) is 4.98 Å². The summed E-state index contributed by atoms with van der Waals surface area (Å²) in [6.45, 7) is 2.03. The summed E-state index contributed by atoms with van der Waals surface area (Å²) in [6.07, 6.45) is 1.68. The van der Waals surface area contributed by atoms with Gasteiger partial charge in [0, 0.05) is 25.1 Å². The largest absolute Gasteiger partial charge is 0.310 e. The Hall–Kier alpha value is -1.02. The van der Waals surface area contributed by atoms with Gasteiger partial charge in [0.15, 0.2) is 0 Å². The Morgan fingerprint density at radius 3 is 2.89 bits per heavy atom. The van der Waals surface area contributed by atoms with Crippen molar-refractivity contribution in [3.63, 3.8) is 0 Å². The standard InChI is InChI=1S/C11H12BrFN2O3S/c1-7-2-9(11(12)14-4-7)15-5-8(3-10(15)16)6-19(13,17)18/h2,4,8H,3,5-6H2,1H3. The molecule has 1 aromatic rings. The number of hydrogen-bond donors (Lipinski definition) is 0. The van der Waals surface area contributed by atoms with E-state index in [9.17, 15) is 17.1 Å². The molecule has 1 aliphatic rings. The summed E-state index contributed by atoms with van der Waals surface area (Å²) in [6, 6.07) is 1.78. The van der Waals surface area contributed by atoms with Crippen molar-refractivity contribution in [2.24, 2.45) is 5.92 Å². The number of nitrogens with zero attached hydrogens (tertiary/aromatic N) is 2. The van der Waals surface area contributed by atoms with E-state index in [0.29, 0.717) is 10.3 Å². The zero-order valence-corrected chi connectivity index (χ0v) is 12.5. The van der Waals surface area contributed by atoms with Gasteiger partial charge in [0.25, 0.3) is 0 Å². The Morgan fingerprint density at radius 2 is 2.26 bits per heavy atom. The second-order valence-corrected chi connectivity index (χ2v) is 6.76. The normalized spacial score (nSPS) is 20.1. The van der Waals surface area contributed by atoms with Crippen LogP contribution < -0.4 is 4.90 Å². The van der Waals surface area contributed by atoms with E-state index in [1.807, 2.05) is 6.92 Å². The van der Waals surface area contributed by atoms with Crippen molar-refractivity contribution in [3.05, 3.63) is 22.4 Å². The van der Waals surface area contributed by atoms with E-state index < -0.39 is 21.9 Å². The van der Waals surface area contributed by atoms with Crippen LogP contribution in [-0.4, -0.2) is 31.6 Å². The smallest absolute Gasteiger partial charge is 0.302 e. The van der Waals surface area contributed by atoms with Crippen molar-refractivity contribution in [1.82, 2.24) is 4.98 Å². The molecule has 2 rings (SSSR count). The average Bonchev–Trinajstić information content (AvgIpc) is 2.60. The lowest BCUT2D eigenvalue weighted by Crippen LogP contribution is -2.26. The van der Waals surface area contributed by atoms with Crippen LogP contribution in [0.15, 0.2) is 16.9 Å². The fraction of sp³-hybridized carbons (Fsp3) is 0.455. The molecule has 1 aliphatic heterocycles. The van der Waals surface area contributed by atoms with Crippen LogP contribution in [0, 0.1) is 12.8 Å². The second kappa shape index (κ2) is 5.16. The monoisotopic (exact) mass is 350 g/mol.